The summed E-state index contributed by atoms with van der Waals surface area (Å²) in [5.41, 5.74) is 2.29. The van der Waals surface area contributed by atoms with E-state index >= 15 is 0 Å². The molecule has 0 aliphatic heterocycles. The first-order chi connectivity index (χ1) is 9.22. The van der Waals surface area contributed by atoms with Crippen LogP contribution in [0.1, 0.15) is 37.3 Å². The van der Waals surface area contributed by atoms with E-state index in [1.807, 2.05) is 18.2 Å². The van der Waals surface area contributed by atoms with Crippen LogP contribution in [0, 0.1) is 0 Å². The monoisotopic (exact) mass is 275 g/mol. The number of hydrogen-bond acceptors (Lipinski definition) is 2. The van der Waals surface area contributed by atoms with E-state index in [1.54, 1.807) is 12.4 Å². The topological polar surface area (TPSA) is 22.1 Å². The third-order valence-corrected chi connectivity index (χ3v) is 3.53. The van der Waals surface area contributed by atoms with Gasteiger partial charge in [0.15, 0.2) is 0 Å². The largest absolute Gasteiger partial charge is 0.456 e. The second-order valence-electron chi connectivity index (χ2n) is 4.64. The molecule has 1 aromatic carbocycles. The molecule has 1 unspecified atom stereocenters. The molecule has 0 saturated heterocycles. The maximum atomic E-state index is 5.78. The predicted octanol–water partition coefficient (Wildman–Crippen LogP) is 5.13. The summed E-state index contributed by atoms with van der Waals surface area (Å²) in [6.07, 6.45) is 4.58. The Labute approximate surface area is 119 Å². The Morgan fingerprint density at radius 3 is 2.53 bits per heavy atom. The zero-order chi connectivity index (χ0) is 13.7. The lowest BCUT2D eigenvalue weighted by Gasteiger charge is -2.10. The summed E-state index contributed by atoms with van der Waals surface area (Å²) in [5.74, 6) is 2.56. The molecule has 100 valence electrons. The molecule has 0 saturated carbocycles. The van der Waals surface area contributed by atoms with Gasteiger partial charge in [-0.05, 0) is 41.7 Å². The molecule has 2 aromatic rings. The minimum atomic E-state index is 0.442. The molecular weight excluding hydrogens is 258 g/mol. The standard InChI is InChI=1S/C16H18ClNO/c1-3-12(2)14-4-6-15(7-5-14)19-16-8-13(9-17)10-18-11-16/h4-8,10-12H,3,9H2,1-2H3. The van der Waals surface area contributed by atoms with Crippen LogP contribution in [0.15, 0.2) is 42.7 Å². The molecule has 1 aromatic heterocycles. The number of aromatic nitrogens is 1. The van der Waals surface area contributed by atoms with Gasteiger partial charge >= 0.3 is 0 Å². The molecule has 2 nitrogen and oxygen atoms in total. The van der Waals surface area contributed by atoms with Crippen LogP contribution in [-0.2, 0) is 5.88 Å². The minimum Gasteiger partial charge on any atom is -0.456 e. The normalized spacial score (nSPS) is 12.2. The van der Waals surface area contributed by atoms with E-state index in [4.69, 9.17) is 16.3 Å². The van der Waals surface area contributed by atoms with Gasteiger partial charge < -0.3 is 4.74 Å². The highest BCUT2D eigenvalue weighted by molar-refractivity contribution is 6.17. The van der Waals surface area contributed by atoms with Crippen molar-refractivity contribution < 1.29 is 4.74 Å². The number of nitrogens with zero attached hydrogens (tertiary/aromatic N) is 1. The van der Waals surface area contributed by atoms with Gasteiger partial charge in [0.1, 0.15) is 11.5 Å². The lowest BCUT2D eigenvalue weighted by atomic mass is 9.99. The summed E-state index contributed by atoms with van der Waals surface area (Å²) in [7, 11) is 0. The molecule has 1 heterocycles. The minimum absolute atomic E-state index is 0.442. The molecule has 0 aliphatic rings. The molecule has 0 aliphatic carbocycles. The Hall–Kier alpha value is -1.54. The van der Waals surface area contributed by atoms with Crippen LogP contribution < -0.4 is 4.74 Å². The lowest BCUT2D eigenvalue weighted by Crippen LogP contribution is -1.92. The number of benzene rings is 1. The van der Waals surface area contributed by atoms with Crippen LogP contribution in [0.4, 0.5) is 0 Å². The zero-order valence-electron chi connectivity index (χ0n) is 11.3. The van der Waals surface area contributed by atoms with Crippen molar-refractivity contribution in [2.75, 3.05) is 0 Å². The first-order valence-electron chi connectivity index (χ1n) is 6.50. The maximum Gasteiger partial charge on any atom is 0.146 e. The van der Waals surface area contributed by atoms with Gasteiger partial charge in [-0.15, -0.1) is 11.6 Å². The van der Waals surface area contributed by atoms with Crippen LogP contribution in [-0.4, -0.2) is 4.98 Å². The SMILES string of the molecule is CCC(C)c1ccc(Oc2cncc(CCl)c2)cc1. The second-order valence-corrected chi connectivity index (χ2v) is 4.91. The fraction of sp³-hybridized carbons (Fsp3) is 0.312. The summed E-state index contributed by atoms with van der Waals surface area (Å²) >= 11 is 5.78. The van der Waals surface area contributed by atoms with Gasteiger partial charge in [0.2, 0.25) is 0 Å². The molecule has 2 rings (SSSR count). The fourth-order valence-electron chi connectivity index (χ4n) is 1.83. The van der Waals surface area contributed by atoms with Crippen molar-refractivity contribution in [2.45, 2.75) is 32.1 Å². The van der Waals surface area contributed by atoms with Crippen molar-refractivity contribution in [2.24, 2.45) is 0 Å². The average molecular weight is 276 g/mol. The van der Waals surface area contributed by atoms with Gasteiger partial charge in [0.05, 0.1) is 6.20 Å². The smallest absolute Gasteiger partial charge is 0.146 e. The number of alkyl halides is 1. The van der Waals surface area contributed by atoms with Crippen molar-refractivity contribution in [3.8, 4) is 11.5 Å². The molecule has 19 heavy (non-hydrogen) atoms. The van der Waals surface area contributed by atoms with E-state index < -0.39 is 0 Å². The van der Waals surface area contributed by atoms with Gasteiger partial charge in [-0.1, -0.05) is 26.0 Å². The van der Waals surface area contributed by atoms with Crippen molar-refractivity contribution in [3.05, 3.63) is 53.9 Å². The van der Waals surface area contributed by atoms with E-state index in [0.717, 1.165) is 23.5 Å². The van der Waals surface area contributed by atoms with Crippen LogP contribution in [0.3, 0.4) is 0 Å². The highest BCUT2D eigenvalue weighted by Crippen LogP contribution is 2.25. The lowest BCUT2D eigenvalue weighted by molar-refractivity contribution is 0.479. The highest BCUT2D eigenvalue weighted by Gasteiger charge is 2.04. The van der Waals surface area contributed by atoms with E-state index in [1.165, 1.54) is 5.56 Å². The van der Waals surface area contributed by atoms with Crippen molar-refractivity contribution in [1.82, 2.24) is 4.98 Å². The van der Waals surface area contributed by atoms with Crippen LogP contribution in [0.25, 0.3) is 0 Å². The molecule has 0 bridgehead atoms. The Morgan fingerprint density at radius 2 is 1.89 bits per heavy atom. The van der Waals surface area contributed by atoms with Crippen molar-refractivity contribution in [1.29, 1.82) is 0 Å². The maximum absolute atomic E-state index is 5.78. The molecule has 0 fully saturated rings. The van der Waals surface area contributed by atoms with Crippen molar-refractivity contribution in [3.63, 3.8) is 0 Å². The third-order valence-electron chi connectivity index (χ3n) is 3.22. The summed E-state index contributed by atoms with van der Waals surface area (Å²) < 4.78 is 5.77. The molecule has 0 N–H and O–H groups in total. The predicted molar refractivity (Wildman–Crippen MR) is 79.0 cm³/mol. The molecular formula is C16H18ClNO. The molecule has 3 heteroatoms. The Morgan fingerprint density at radius 1 is 1.16 bits per heavy atom. The number of pyridine rings is 1. The van der Waals surface area contributed by atoms with Crippen LogP contribution >= 0.6 is 11.6 Å². The summed E-state index contributed by atoms with van der Waals surface area (Å²) in [6, 6.07) is 10.1. The Kier molecular flexibility index (Phi) is 4.80. The van der Waals surface area contributed by atoms with Gasteiger partial charge in [0.25, 0.3) is 0 Å². The van der Waals surface area contributed by atoms with E-state index in [-0.39, 0.29) is 0 Å². The number of hydrogen-bond donors (Lipinski definition) is 0. The average Bonchev–Trinajstić information content (AvgIpc) is 2.47. The second kappa shape index (κ2) is 6.58. The molecule has 1 atom stereocenters. The highest BCUT2D eigenvalue weighted by atomic mass is 35.5. The van der Waals surface area contributed by atoms with Gasteiger partial charge in [0, 0.05) is 12.1 Å². The molecule has 0 radical (unpaired) electrons. The zero-order valence-corrected chi connectivity index (χ0v) is 12.0. The molecule has 0 amide bonds. The first-order valence-corrected chi connectivity index (χ1v) is 7.04. The van der Waals surface area contributed by atoms with Crippen LogP contribution in [0.5, 0.6) is 11.5 Å². The quantitative estimate of drug-likeness (QED) is 0.706. The van der Waals surface area contributed by atoms with E-state index in [2.05, 4.69) is 31.0 Å². The van der Waals surface area contributed by atoms with E-state index in [0.29, 0.717) is 11.8 Å². The summed E-state index contributed by atoms with van der Waals surface area (Å²) in [6.45, 7) is 4.42. The first kappa shape index (κ1) is 13.9. The number of halogens is 1. The van der Waals surface area contributed by atoms with E-state index in [9.17, 15) is 0 Å². The number of ether oxygens (including phenoxy) is 1. The van der Waals surface area contributed by atoms with Crippen molar-refractivity contribution >= 4 is 11.6 Å². The Bertz CT molecular complexity index is 525. The fourth-order valence-corrected chi connectivity index (χ4v) is 1.97. The third kappa shape index (κ3) is 3.71. The Balaban J connectivity index is 2.10. The van der Waals surface area contributed by atoms with Gasteiger partial charge in [-0.3, -0.25) is 4.98 Å². The number of rotatable bonds is 5. The molecule has 0 spiro atoms. The summed E-state index contributed by atoms with van der Waals surface area (Å²) in [5, 5.41) is 0. The summed E-state index contributed by atoms with van der Waals surface area (Å²) in [4.78, 5) is 4.10. The van der Waals surface area contributed by atoms with Gasteiger partial charge in [-0.25, -0.2) is 0 Å². The van der Waals surface area contributed by atoms with Crippen LogP contribution in [0.2, 0.25) is 0 Å². The van der Waals surface area contributed by atoms with Gasteiger partial charge in [-0.2, -0.15) is 0 Å².